The second kappa shape index (κ2) is 8.31. The molecule has 0 spiro atoms. The number of anilines is 1. The van der Waals surface area contributed by atoms with Gasteiger partial charge in [0.05, 0.1) is 31.2 Å². The number of aryl methyl sites for hydroxylation is 1. The molecule has 1 aliphatic carbocycles. The third-order valence-corrected chi connectivity index (χ3v) is 5.79. The SMILES string of the molecule is CCOc1ccc2nc(NC3=NCN([C@@H]4CCCC[C@H]4C)CN3)nc(C)c2c1. The van der Waals surface area contributed by atoms with E-state index < -0.39 is 0 Å². The first-order chi connectivity index (χ1) is 13.6. The second-order valence-corrected chi connectivity index (χ2v) is 7.77. The number of guanidine groups is 1. The number of hydrogen-bond acceptors (Lipinski definition) is 7. The van der Waals surface area contributed by atoms with Crippen molar-refractivity contribution in [3.8, 4) is 5.75 Å². The van der Waals surface area contributed by atoms with E-state index >= 15 is 0 Å². The Morgan fingerprint density at radius 3 is 2.86 bits per heavy atom. The van der Waals surface area contributed by atoms with Crippen molar-refractivity contribution in [1.82, 2.24) is 20.2 Å². The smallest absolute Gasteiger partial charge is 0.230 e. The number of ether oxygens (including phenoxy) is 1. The van der Waals surface area contributed by atoms with E-state index in [0.29, 0.717) is 25.3 Å². The molecule has 1 aromatic heterocycles. The van der Waals surface area contributed by atoms with E-state index in [1.54, 1.807) is 0 Å². The predicted octanol–water partition coefficient (Wildman–Crippen LogP) is 3.50. The topological polar surface area (TPSA) is 74.7 Å². The number of nitrogens with zero attached hydrogens (tertiary/aromatic N) is 4. The Kier molecular flexibility index (Phi) is 5.62. The molecular weight excluding hydrogens is 352 g/mol. The molecule has 0 amide bonds. The molecule has 7 nitrogen and oxygen atoms in total. The van der Waals surface area contributed by atoms with Crippen LogP contribution in [-0.4, -0.2) is 46.8 Å². The summed E-state index contributed by atoms with van der Waals surface area (Å²) in [6.07, 6.45) is 5.29. The lowest BCUT2D eigenvalue weighted by molar-refractivity contribution is 0.107. The lowest BCUT2D eigenvalue weighted by atomic mass is 9.85. The highest BCUT2D eigenvalue weighted by molar-refractivity contribution is 5.93. The average molecular weight is 383 g/mol. The minimum atomic E-state index is 0.569. The van der Waals surface area contributed by atoms with Crippen molar-refractivity contribution in [1.29, 1.82) is 0 Å². The van der Waals surface area contributed by atoms with Gasteiger partial charge in [-0.2, -0.15) is 0 Å². The molecule has 7 heteroatoms. The summed E-state index contributed by atoms with van der Waals surface area (Å²) in [5.41, 5.74) is 1.82. The molecule has 2 N–H and O–H groups in total. The van der Waals surface area contributed by atoms with Crippen molar-refractivity contribution < 1.29 is 4.74 Å². The molecule has 1 aliphatic heterocycles. The number of aliphatic imine (C=N–C) groups is 1. The van der Waals surface area contributed by atoms with Crippen molar-refractivity contribution in [3.63, 3.8) is 0 Å². The van der Waals surface area contributed by atoms with Crippen LogP contribution in [0, 0.1) is 12.8 Å². The van der Waals surface area contributed by atoms with Gasteiger partial charge in [-0.1, -0.05) is 19.8 Å². The molecule has 0 saturated heterocycles. The van der Waals surface area contributed by atoms with Crippen molar-refractivity contribution >= 4 is 22.8 Å². The van der Waals surface area contributed by atoms with Crippen LogP contribution < -0.4 is 15.4 Å². The summed E-state index contributed by atoms with van der Waals surface area (Å²) < 4.78 is 5.58. The van der Waals surface area contributed by atoms with E-state index in [9.17, 15) is 0 Å². The Morgan fingerprint density at radius 2 is 2.11 bits per heavy atom. The second-order valence-electron chi connectivity index (χ2n) is 7.77. The van der Waals surface area contributed by atoms with Crippen molar-refractivity contribution in [2.24, 2.45) is 10.9 Å². The van der Waals surface area contributed by atoms with Crippen LogP contribution in [0.15, 0.2) is 23.2 Å². The molecule has 0 bridgehead atoms. The third kappa shape index (κ3) is 4.04. The molecule has 0 unspecified atom stereocenters. The van der Waals surface area contributed by atoms with Crippen LogP contribution in [-0.2, 0) is 0 Å². The highest BCUT2D eigenvalue weighted by Crippen LogP contribution is 2.28. The molecule has 1 fully saturated rings. The Balaban J connectivity index is 1.45. The lowest BCUT2D eigenvalue weighted by Gasteiger charge is -2.39. The highest BCUT2D eigenvalue weighted by Gasteiger charge is 2.28. The van der Waals surface area contributed by atoms with E-state index in [1.165, 1.54) is 25.7 Å². The molecule has 1 saturated carbocycles. The van der Waals surface area contributed by atoms with Crippen molar-refractivity contribution in [2.45, 2.75) is 52.5 Å². The number of rotatable bonds is 4. The van der Waals surface area contributed by atoms with E-state index in [2.05, 4.69) is 37.4 Å². The van der Waals surface area contributed by atoms with Crippen molar-refractivity contribution in [3.05, 3.63) is 23.9 Å². The first-order valence-electron chi connectivity index (χ1n) is 10.3. The maximum atomic E-state index is 5.58. The molecule has 1 aromatic carbocycles. The fourth-order valence-corrected chi connectivity index (χ4v) is 4.27. The van der Waals surface area contributed by atoms with Gasteiger partial charge in [-0.15, -0.1) is 0 Å². The first-order valence-corrected chi connectivity index (χ1v) is 10.3. The van der Waals surface area contributed by atoms with Gasteiger partial charge in [-0.05, 0) is 50.8 Å². The van der Waals surface area contributed by atoms with E-state index in [0.717, 1.165) is 40.9 Å². The summed E-state index contributed by atoms with van der Waals surface area (Å²) in [5, 5.41) is 7.65. The zero-order chi connectivity index (χ0) is 19.5. The van der Waals surface area contributed by atoms with Gasteiger partial charge in [0.25, 0.3) is 0 Å². The van der Waals surface area contributed by atoms with Gasteiger partial charge in [0, 0.05) is 11.4 Å². The first kappa shape index (κ1) is 18.9. The van der Waals surface area contributed by atoms with Crippen LogP contribution in [0.5, 0.6) is 5.75 Å². The molecule has 2 aliphatic rings. The number of aromatic nitrogens is 2. The van der Waals surface area contributed by atoms with Gasteiger partial charge in [0.15, 0.2) is 0 Å². The van der Waals surface area contributed by atoms with Crippen LogP contribution in [0.2, 0.25) is 0 Å². The third-order valence-electron chi connectivity index (χ3n) is 5.79. The van der Waals surface area contributed by atoms with E-state index in [1.807, 2.05) is 32.0 Å². The largest absolute Gasteiger partial charge is 0.494 e. The summed E-state index contributed by atoms with van der Waals surface area (Å²) in [7, 11) is 0. The highest BCUT2D eigenvalue weighted by atomic mass is 16.5. The maximum absolute atomic E-state index is 5.58. The van der Waals surface area contributed by atoms with Gasteiger partial charge in [0.2, 0.25) is 11.9 Å². The summed E-state index contributed by atoms with van der Waals surface area (Å²) >= 11 is 0. The summed E-state index contributed by atoms with van der Waals surface area (Å²) in [6, 6.07) is 6.55. The quantitative estimate of drug-likeness (QED) is 0.843. The maximum Gasteiger partial charge on any atom is 0.230 e. The number of nitrogens with one attached hydrogen (secondary N) is 2. The molecular formula is C21H30N6O. The number of fused-ring (bicyclic) bond motifs is 1. The van der Waals surface area contributed by atoms with E-state index in [4.69, 9.17) is 4.74 Å². The molecule has 2 atom stereocenters. The predicted molar refractivity (Wildman–Crippen MR) is 113 cm³/mol. The Labute approximate surface area is 166 Å². The monoisotopic (exact) mass is 382 g/mol. The fourth-order valence-electron chi connectivity index (χ4n) is 4.27. The summed E-state index contributed by atoms with van der Waals surface area (Å²) in [4.78, 5) is 16.4. The number of benzene rings is 1. The molecule has 28 heavy (non-hydrogen) atoms. The average Bonchev–Trinajstić information content (AvgIpc) is 2.70. The zero-order valence-electron chi connectivity index (χ0n) is 17.0. The Morgan fingerprint density at radius 1 is 1.25 bits per heavy atom. The van der Waals surface area contributed by atoms with Crippen LogP contribution in [0.3, 0.4) is 0 Å². The zero-order valence-corrected chi connectivity index (χ0v) is 17.0. The molecule has 2 heterocycles. The molecule has 0 radical (unpaired) electrons. The normalized spacial score (nSPS) is 23.2. The molecule has 2 aromatic rings. The minimum absolute atomic E-state index is 0.569. The van der Waals surface area contributed by atoms with Gasteiger partial charge in [-0.25, -0.2) is 15.0 Å². The fraction of sp³-hybridized carbons (Fsp3) is 0.571. The minimum Gasteiger partial charge on any atom is -0.494 e. The van der Waals surface area contributed by atoms with E-state index in [-0.39, 0.29) is 0 Å². The summed E-state index contributed by atoms with van der Waals surface area (Å²) in [5.74, 6) is 2.90. The van der Waals surface area contributed by atoms with Gasteiger partial charge in [0.1, 0.15) is 5.75 Å². The molecule has 150 valence electrons. The van der Waals surface area contributed by atoms with Crippen molar-refractivity contribution in [2.75, 3.05) is 25.3 Å². The van der Waals surface area contributed by atoms with Gasteiger partial charge >= 0.3 is 0 Å². The number of hydrogen-bond donors (Lipinski definition) is 2. The standard InChI is InChI=1S/C21H30N6O/c1-4-28-16-9-10-18-17(11-16)15(3)24-21(25-18)26-20-22-12-27(13-23-20)19-8-6-5-7-14(19)2/h9-11,14,19H,4-8,12-13H2,1-3H3,(H2,22,23,24,25,26)/t14-,19-/m1/s1. The van der Waals surface area contributed by atoms with Crippen LogP contribution in [0.4, 0.5) is 5.95 Å². The molecule has 4 rings (SSSR count). The Hall–Kier alpha value is -2.41. The lowest BCUT2D eigenvalue weighted by Crippen LogP contribution is -2.52. The van der Waals surface area contributed by atoms with Gasteiger partial charge in [-0.3, -0.25) is 10.2 Å². The summed E-state index contributed by atoms with van der Waals surface area (Å²) in [6.45, 7) is 8.51. The van der Waals surface area contributed by atoms with Crippen LogP contribution in [0.25, 0.3) is 10.9 Å². The Bertz CT molecular complexity index is 867. The van der Waals surface area contributed by atoms with Crippen LogP contribution in [0.1, 0.15) is 45.2 Å². The van der Waals surface area contributed by atoms with Crippen LogP contribution >= 0.6 is 0 Å². The van der Waals surface area contributed by atoms with Gasteiger partial charge < -0.3 is 10.1 Å².